The predicted octanol–water partition coefficient (Wildman–Crippen LogP) is 6.20. The van der Waals surface area contributed by atoms with Crippen LogP contribution in [0.4, 0.5) is 0 Å². The van der Waals surface area contributed by atoms with Crippen LogP contribution in [0.25, 0.3) is 44.5 Å². The largest absolute Gasteiger partial charge is 0.437 e. The molecule has 5 rings (SSSR count). The highest BCUT2D eigenvalue weighted by Gasteiger charge is 2.21. The summed E-state index contributed by atoms with van der Waals surface area (Å²) in [6.07, 6.45) is 0. The van der Waals surface area contributed by atoms with Gasteiger partial charge in [-0.25, -0.2) is 9.97 Å². The summed E-state index contributed by atoms with van der Waals surface area (Å²) >= 11 is 0. The van der Waals surface area contributed by atoms with E-state index in [-0.39, 0.29) is 6.04 Å². The van der Waals surface area contributed by atoms with Gasteiger partial charge in [-0.3, -0.25) is 0 Å². The van der Waals surface area contributed by atoms with Crippen LogP contribution in [0.5, 0.6) is 0 Å². The molecule has 0 saturated heterocycles. The lowest BCUT2D eigenvalue weighted by atomic mass is 10.0. The summed E-state index contributed by atoms with van der Waals surface area (Å²) in [5.74, 6) is 0.937. The first-order valence-corrected chi connectivity index (χ1v) is 9.31. The van der Waals surface area contributed by atoms with Gasteiger partial charge in [-0.15, -0.1) is 0 Å². The fourth-order valence-electron chi connectivity index (χ4n) is 3.95. The quantitative estimate of drug-likeness (QED) is 0.379. The summed E-state index contributed by atoms with van der Waals surface area (Å²) in [6, 6.07) is 17.0. The van der Waals surface area contributed by atoms with Gasteiger partial charge in [0, 0.05) is 22.5 Å². The normalized spacial score (nSPS) is 12.0. The van der Waals surface area contributed by atoms with Crippen molar-refractivity contribution >= 4 is 33.1 Å². The zero-order chi connectivity index (χ0) is 18.7. The van der Waals surface area contributed by atoms with E-state index in [4.69, 9.17) is 9.40 Å². The first-order chi connectivity index (χ1) is 13.0. The maximum atomic E-state index is 6.27. The molecule has 3 heterocycles. The first kappa shape index (κ1) is 16.1. The molecule has 0 saturated carbocycles. The van der Waals surface area contributed by atoms with Crippen LogP contribution >= 0.6 is 0 Å². The Kier molecular flexibility index (Phi) is 3.38. The van der Waals surface area contributed by atoms with Crippen molar-refractivity contribution in [1.29, 1.82) is 0 Å². The Labute approximate surface area is 157 Å². The van der Waals surface area contributed by atoms with Gasteiger partial charge in [0.2, 0.25) is 5.71 Å². The molecule has 134 valence electrons. The summed E-state index contributed by atoms with van der Waals surface area (Å²) in [5, 5.41) is 2.18. The topological polar surface area (TPSA) is 43.9 Å². The standard InChI is InChI=1S/C23H21N3O/c1-13(2)26-19-8-6-5-7-18(19)25-22(26)17-11-9-14(3)20-16-12-10-15(4)24-23(16)27-21(17)20/h5-13H,1-4H3. The van der Waals surface area contributed by atoms with Crippen molar-refractivity contribution in [2.45, 2.75) is 33.7 Å². The van der Waals surface area contributed by atoms with Crippen LogP contribution in [-0.4, -0.2) is 14.5 Å². The number of nitrogens with zero attached hydrogens (tertiary/aromatic N) is 3. The number of fused-ring (bicyclic) bond motifs is 4. The lowest BCUT2D eigenvalue weighted by Crippen LogP contribution is -2.03. The third kappa shape index (κ3) is 2.29. The summed E-state index contributed by atoms with van der Waals surface area (Å²) in [5.41, 5.74) is 6.84. The van der Waals surface area contributed by atoms with Crippen molar-refractivity contribution in [1.82, 2.24) is 14.5 Å². The van der Waals surface area contributed by atoms with Gasteiger partial charge in [-0.05, 0) is 63.6 Å². The number of benzene rings is 2. The van der Waals surface area contributed by atoms with E-state index in [1.165, 1.54) is 5.56 Å². The molecule has 4 heteroatoms. The highest BCUT2D eigenvalue weighted by molar-refractivity contribution is 6.10. The van der Waals surface area contributed by atoms with Gasteiger partial charge in [-0.1, -0.05) is 18.2 Å². The van der Waals surface area contributed by atoms with E-state index < -0.39 is 0 Å². The molecule has 0 atom stereocenters. The Bertz CT molecular complexity index is 1320. The number of pyridine rings is 1. The van der Waals surface area contributed by atoms with Gasteiger partial charge in [-0.2, -0.15) is 0 Å². The van der Waals surface area contributed by atoms with Gasteiger partial charge in [0.25, 0.3) is 0 Å². The number of hydrogen-bond donors (Lipinski definition) is 0. The summed E-state index contributed by atoms with van der Waals surface area (Å²) in [6.45, 7) is 8.48. The Balaban J connectivity index is 1.92. The van der Waals surface area contributed by atoms with E-state index in [1.807, 2.05) is 19.1 Å². The molecule has 0 aliphatic heterocycles. The maximum absolute atomic E-state index is 6.27. The Morgan fingerprint density at radius 3 is 2.56 bits per heavy atom. The van der Waals surface area contributed by atoms with Gasteiger partial charge in [0.05, 0.1) is 16.6 Å². The van der Waals surface area contributed by atoms with Crippen molar-refractivity contribution in [3.63, 3.8) is 0 Å². The summed E-state index contributed by atoms with van der Waals surface area (Å²) in [4.78, 5) is 9.55. The smallest absolute Gasteiger partial charge is 0.227 e. The second kappa shape index (κ2) is 5.68. The van der Waals surface area contributed by atoms with Gasteiger partial charge in [0.1, 0.15) is 11.4 Å². The Morgan fingerprint density at radius 2 is 1.74 bits per heavy atom. The van der Waals surface area contributed by atoms with E-state index in [0.29, 0.717) is 5.71 Å². The Hall–Kier alpha value is -3.14. The maximum Gasteiger partial charge on any atom is 0.227 e. The number of hydrogen-bond acceptors (Lipinski definition) is 3. The van der Waals surface area contributed by atoms with Crippen molar-refractivity contribution in [2.24, 2.45) is 0 Å². The minimum Gasteiger partial charge on any atom is -0.437 e. The lowest BCUT2D eigenvalue weighted by molar-refractivity contribution is 0.621. The molecule has 4 nitrogen and oxygen atoms in total. The third-order valence-corrected chi connectivity index (χ3v) is 5.19. The molecule has 0 aliphatic carbocycles. The molecular formula is C23H21N3O. The summed E-state index contributed by atoms with van der Waals surface area (Å²) in [7, 11) is 0. The van der Waals surface area contributed by atoms with E-state index in [2.05, 4.69) is 66.7 Å². The number of furan rings is 1. The second-order valence-electron chi connectivity index (χ2n) is 7.43. The molecule has 0 unspecified atom stereocenters. The van der Waals surface area contributed by atoms with E-state index in [9.17, 15) is 0 Å². The van der Waals surface area contributed by atoms with Crippen molar-refractivity contribution in [3.05, 3.63) is 59.8 Å². The molecule has 2 aromatic carbocycles. The molecule has 0 radical (unpaired) electrons. The van der Waals surface area contributed by atoms with Crippen LogP contribution in [0.3, 0.4) is 0 Å². The number of imidazole rings is 1. The molecule has 0 fully saturated rings. The minimum atomic E-state index is 0.286. The highest BCUT2D eigenvalue weighted by Crippen LogP contribution is 2.38. The fraction of sp³-hybridized carbons (Fsp3) is 0.217. The molecule has 0 amide bonds. The number of aromatic nitrogens is 3. The molecule has 0 bridgehead atoms. The van der Waals surface area contributed by atoms with Crippen molar-refractivity contribution in [2.75, 3.05) is 0 Å². The van der Waals surface area contributed by atoms with Crippen LogP contribution in [0.2, 0.25) is 0 Å². The van der Waals surface area contributed by atoms with E-state index in [0.717, 1.165) is 44.5 Å². The number of rotatable bonds is 2. The first-order valence-electron chi connectivity index (χ1n) is 9.31. The molecule has 0 spiro atoms. The average molecular weight is 355 g/mol. The zero-order valence-corrected chi connectivity index (χ0v) is 15.9. The summed E-state index contributed by atoms with van der Waals surface area (Å²) < 4.78 is 8.55. The molecule has 3 aromatic heterocycles. The molecule has 5 aromatic rings. The lowest BCUT2D eigenvalue weighted by Gasteiger charge is -2.13. The monoisotopic (exact) mass is 355 g/mol. The molecule has 0 N–H and O–H groups in total. The van der Waals surface area contributed by atoms with Crippen LogP contribution in [0.1, 0.15) is 31.1 Å². The minimum absolute atomic E-state index is 0.286. The van der Waals surface area contributed by atoms with Gasteiger partial charge < -0.3 is 8.98 Å². The van der Waals surface area contributed by atoms with E-state index >= 15 is 0 Å². The molecule has 27 heavy (non-hydrogen) atoms. The highest BCUT2D eigenvalue weighted by atomic mass is 16.3. The molecule has 0 aliphatic rings. The van der Waals surface area contributed by atoms with Crippen LogP contribution in [0.15, 0.2) is 52.9 Å². The van der Waals surface area contributed by atoms with Gasteiger partial charge >= 0.3 is 0 Å². The third-order valence-electron chi connectivity index (χ3n) is 5.19. The van der Waals surface area contributed by atoms with E-state index in [1.54, 1.807) is 0 Å². The van der Waals surface area contributed by atoms with Gasteiger partial charge in [0.15, 0.2) is 0 Å². The second-order valence-corrected chi connectivity index (χ2v) is 7.43. The SMILES string of the molecule is Cc1ccc2c(n1)oc1c(-c3nc4ccccc4n3C(C)C)ccc(C)c12. The van der Waals surface area contributed by atoms with Crippen LogP contribution in [0, 0.1) is 13.8 Å². The molecular weight excluding hydrogens is 334 g/mol. The van der Waals surface area contributed by atoms with Crippen molar-refractivity contribution in [3.8, 4) is 11.4 Å². The van der Waals surface area contributed by atoms with Crippen molar-refractivity contribution < 1.29 is 4.42 Å². The fourth-order valence-corrected chi connectivity index (χ4v) is 3.95. The number of para-hydroxylation sites is 2. The Morgan fingerprint density at radius 1 is 0.926 bits per heavy atom. The predicted molar refractivity (Wildman–Crippen MR) is 110 cm³/mol. The average Bonchev–Trinajstić information content (AvgIpc) is 3.20. The van der Waals surface area contributed by atoms with Crippen LogP contribution in [-0.2, 0) is 0 Å². The number of aryl methyl sites for hydroxylation is 2. The zero-order valence-electron chi connectivity index (χ0n) is 15.9. The van der Waals surface area contributed by atoms with Crippen LogP contribution < -0.4 is 0 Å².